The molecule has 6 nitrogen and oxygen atoms in total. The second-order valence-corrected chi connectivity index (χ2v) is 7.25. The van der Waals surface area contributed by atoms with Crippen LogP contribution in [-0.2, 0) is 4.74 Å². The molecule has 8 heteroatoms. The zero-order valence-corrected chi connectivity index (χ0v) is 16.9. The summed E-state index contributed by atoms with van der Waals surface area (Å²) in [5, 5.41) is 0.800. The standard InChI is InChI=1S/C23H20F2N4O2/c1-30-21-12-20(27-23(28-21)29-7-9-31-10-8-29)16-13-26-19-6-5-14(11-15(16)19)22-17(24)3-2-4-18(22)25/h2-6,11-13,26H,7-10H2,1H3. The summed E-state index contributed by atoms with van der Waals surface area (Å²) in [6, 6.07) is 10.9. The summed E-state index contributed by atoms with van der Waals surface area (Å²) >= 11 is 0. The fourth-order valence-corrected chi connectivity index (χ4v) is 3.82. The molecule has 2 aromatic heterocycles. The van der Waals surface area contributed by atoms with E-state index in [1.54, 1.807) is 31.4 Å². The van der Waals surface area contributed by atoms with Gasteiger partial charge >= 0.3 is 0 Å². The van der Waals surface area contributed by atoms with Crippen molar-refractivity contribution >= 4 is 16.9 Å². The zero-order valence-electron chi connectivity index (χ0n) is 16.9. The second kappa shape index (κ2) is 7.96. The average Bonchev–Trinajstić information content (AvgIpc) is 3.23. The highest BCUT2D eigenvalue weighted by atomic mass is 19.1. The van der Waals surface area contributed by atoms with Gasteiger partial charge in [-0.2, -0.15) is 4.98 Å². The fraction of sp³-hybridized carbons (Fsp3) is 0.217. The molecule has 1 aliphatic rings. The number of hydrogen-bond donors (Lipinski definition) is 1. The number of morpholine rings is 1. The topological polar surface area (TPSA) is 63.3 Å². The number of ether oxygens (including phenoxy) is 2. The normalized spacial score (nSPS) is 14.2. The van der Waals surface area contributed by atoms with Crippen LogP contribution in [0.2, 0.25) is 0 Å². The maximum Gasteiger partial charge on any atom is 0.229 e. The largest absolute Gasteiger partial charge is 0.481 e. The van der Waals surface area contributed by atoms with Crippen LogP contribution in [0.25, 0.3) is 33.3 Å². The Morgan fingerprint density at radius 2 is 1.81 bits per heavy atom. The Morgan fingerprint density at radius 1 is 1.03 bits per heavy atom. The van der Waals surface area contributed by atoms with Crippen molar-refractivity contribution in [3.05, 3.63) is 60.3 Å². The van der Waals surface area contributed by atoms with E-state index in [2.05, 4.69) is 9.97 Å². The molecule has 158 valence electrons. The summed E-state index contributed by atoms with van der Waals surface area (Å²) in [6.45, 7) is 2.61. The molecule has 5 rings (SSSR count). The van der Waals surface area contributed by atoms with Crippen LogP contribution >= 0.6 is 0 Å². The van der Waals surface area contributed by atoms with Crippen molar-refractivity contribution in [2.45, 2.75) is 0 Å². The van der Waals surface area contributed by atoms with Crippen molar-refractivity contribution in [2.75, 3.05) is 38.3 Å². The van der Waals surface area contributed by atoms with Gasteiger partial charge in [0.05, 0.1) is 31.6 Å². The van der Waals surface area contributed by atoms with Crippen LogP contribution in [0.3, 0.4) is 0 Å². The van der Waals surface area contributed by atoms with Gasteiger partial charge in [-0.05, 0) is 29.8 Å². The molecule has 0 spiro atoms. The first-order valence-electron chi connectivity index (χ1n) is 9.95. The number of nitrogens with zero attached hydrogens (tertiary/aromatic N) is 3. The molecule has 0 aliphatic carbocycles. The molecule has 1 N–H and O–H groups in total. The molecule has 1 saturated heterocycles. The SMILES string of the molecule is COc1cc(-c2c[nH]c3ccc(-c4c(F)cccc4F)cc23)nc(N2CCOCC2)n1. The Morgan fingerprint density at radius 3 is 2.55 bits per heavy atom. The molecule has 3 heterocycles. The van der Waals surface area contributed by atoms with Crippen molar-refractivity contribution < 1.29 is 18.3 Å². The lowest BCUT2D eigenvalue weighted by molar-refractivity contribution is 0.122. The van der Waals surface area contributed by atoms with E-state index in [9.17, 15) is 8.78 Å². The molecule has 2 aromatic carbocycles. The Labute approximate surface area is 177 Å². The van der Waals surface area contributed by atoms with Crippen LogP contribution in [0.4, 0.5) is 14.7 Å². The predicted octanol–water partition coefficient (Wildman–Crippen LogP) is 4.42. The van der Waals surface area contributed by atoms with E-state index in [1.807, 2.05) is 11.1 Å². The number of benzene rings is 2. The number of methoxy groups -OCH3 is 1. The third-order valence-corrected chi connectivity index (χ3v) is 5.40. The molecule has 1 aliphatic heterocycles. The first-order chi connectivity index (χ1) is 15.1. The average molecular weight is 422 g/mol. The van der Waals surface area contributed by atoms with Gasteiger partial charge in [0.2, 0.25) is 11.8 Å². The minimum Gasteiger partial charge on any atom is -0.481 e. The highest BCUT2D eigenvalue weighted by Crippen LogP contribution is 2.34. The molecule has 0 bridgehead atoms. The summed E-state index contributed by atoms with van der Waals surface area (Å²) in [4.78, 5) is 14.5. The van der Waals surface area contributed by atoms with Gasteiger partial charge in [0, 0.05) is 41.8 Å². The van der Waals surface area contributed by atoms with Gasteiger partial charge in [-0.25, -0.2) is 13.8 Å². The summed E-state index contributed by atoms with van der Waals surface area (Å²) in [7, 11) is 1.56. The number of aromatic nitrogens is 3. The molecule has 0 unspecified atom stereocenters. The third-order valence-electron chi connectivity index (χ3n) is 5.40. The van der Waals surface area contributed by atoms with Gasteiger partial charge in [-0.15, -0.1) is 0 Å². The Kier molecular flexibility index (Phi) is 4.99. The molecule has 31 heavy (non-hydrogen) atoms. The molecule has 0 atom stereocenters. The number of nitrogens with one attached hydrogen (secondary N) is 1. The fourth-order valence-electron chi connectivity index (χ4n) is 3.82. The van der Waals surface area contributed by atoms with Crippen molar-refractivity contribution in [3.8, 4) is 28.3 Å². The second-order valence-electron chi connectivity index (χ2n) is 7.25. The van der Waals surface area contributed by atoms with Gasteiger partial charge in [0.1, 0.15) is 11.6 Å². The summed E-state index contributed by atoms with van der Waals surface area (Å²) < 4.78 is 39.5. The van der Waals surface area contributed by atoms with E-state index in [0.717, 1.165) is 16.5 Å². The molecule has 0 amide bonds. The Bertz CT molecular complexity index is 1230. The molecular formula is C23H20F2N4O2. The molecular weight excluding hydrogens is 402 g/mol. The van der Waals surface area contributed by atoms with E-state index in [-0.39, 0.29) is 5.56 Å². The number of hydrogen-bond acceptors (Lipinski definition) is 5. The van der Waals surface area contributed by atoms with E-state index < -0.39 is 11.6 Å². The Hall–Kier alpha value is -3.52. The van der Waals surface area contributed by atoms with E-state index >= 15 is 0 Å². The Balaban J connectivity index is 1.63. The van der Waals surface area contributed by atoms with Crippen LogP contribution in [0.1, 0.15) is 0 Å². The maximum atomic E-state index is 14.3. The smallest absolute Gasteiger partial charge is 0.229 e. The highest BCUT2D eigenvalue weighted by molar-refractivity contribution is 5.97. The summed E-state index contributed by atoms with van der Waals surface area (Å²) in [5.41, 5.74) is 2.69. The van der Waals surface area contributed by atoms with Crippen LogP contribution in [-0.4, -0.2) is 48.4 Å². The summed E-state index contributed by atoms with van der Waals surface area (Å²) in [5.74, 6) is -0.204. The van der Waals surface area contributed by atoms with Gasteiger partial charge < -0.3 is 19.4 Å². The number of aromatic amines is 1. The van der Waals surface area contributed by atoms with Crippen LogP contribution < -0.4 is 9.64 Å². The van der Waals surface area contributed by atoms with E-state index in [1.165, 1.54) is 18.2 Å². The van der Waals surface area contributed by atoms with Crippen molar-refractivity contribution in [1.82, 2.24) is 15.0 Å². The quantitative estimate of drug-likeness (QED) is 0.528. The lowest BCUT2D eigenvalue weighted by Crippen LogP contribution is -2.37. The molecule has 4 aromatic rings. The maximum absolute atomic E-state index is 14.3. The van der Waals surface area contributed by atoms with E-state index in [0.29, 0.717) is 49.4 Å². The molecule has 0 saturated carbocycles. The minimum atomic E-state index is -0.602. The monoisotopic (exact) mass is 422 g/mol. The van der Waals surface area contributed by atoms with Crippen molar-refractivity contribution in [3.63, 3.8) is 0 Å². The molecule has 0 radical (unpaired) electrons. The number of fused-ring (bicyclic) bond motifs is 1. The lowest BCUT2D eigenvalue weighted by atomic mass is 10.0. The zero-order chi connectivity index (χ0) is 21.4. The number of halogens is 2. The van der Waals surface area contributed by atoms with Gasteiger partial charge in [0.15, 0.2) is 0 Å². The first kappa shape index (κ1) is 19.4. The van der Waals surface area contributed by atoms with Gasteiger partial charge in [-0.3, -0.25) is 0 Å². The van der Waals surface area contributed by atoms with Crippen LogP contribution in [0, 0.1) is 11.6 Å². The number of rotatable bonds is 4. The first-order valence-corrected chi connectivity index (χ1v) is 9.95. The molecule has 1 fully saturated rings. The van der Waals surface area contributed by atoms with Gasteiger partial charge in [-0.1, -0.05) is 12.1 Å². The van der Waals surface area contributed by atoms with Crippen molar-refractivity contribution in [1.29, 1.82) is 0 Å². The van der Waals surface area contributed by atoms with Crippen LogP contribution in [0.15, 0.2) is 48.7 Å². The van der Waals surface area contributed by atoms with Gasteiger partial charge in [0.25, 0.3) is 0 Å². The minimum absolute atomic E-state index is 0.0502. The van der Waals surface area contributed by atoms with E-state index in [4.69, 9.17) is 14.5 Å². The highest BCUT2D eigenvalue weighted by Gasteiger charge is 2.19. The summed E-state index contributed by atoms with van der Waals surface area (Å²) in [6.07, 6.45) is 1.83. The number of H-pyrrole nitrogens is 1. The predicted molar refractivity (Wildman–Crippen MR) is 114 cm³/mol. The lowest BCUT2D eigenvalue weighted by Gasteiger charge is -2.27. The van der Waals surface area contributed by atoms with Crippen molar-refractivity contribution in [2.24, 2.45) is 0 Å². The number of anilines is 1. The third kappa shape index (κ3) is 3.59. The van der Waals surface area contributed by atoms with Crippen LogP contribution in [0.5, 0.6) is 5.88 Å².